The number of benzene rings is 1. The first-order valence-electron chi connectivity index (χ1n) is 10.4. The average Bonchev–Trinajstić information content (AvgIpc) is 3.20. The van der Waals surface area contributed by atoms with Gasteiger partial charge in [-0.25, -0.2) is 14.6 Å². The van der Waals surface area contributed by atoms with Crippen LogP contribution in [-0.2, 0) is 27.1 Å². The first-order chi connectivity index (χ1) is 15.9. The number of aryl methyl sites for hydroxylation is 1. The number of methoxy groups -OCH3 is 1. The molecule has 0 bridgehead atoms. The Hall–Kier alpha value is -3.23. The molecule has 1 N–H and O–H groups in total. The number of thiophene rings is 1. The molecule has 1 unspecified atom stereocenters. The van der Waals surface area contributed by atoms with Gasteiger partial charge in [-0.1, -0.05) is 42.8 Å². The monoisotopic (exact) mass is 484 g/mol. The second kappa shape index (κ2) is 9.72. The number of nitrogens with zero attached hydrogens (tertiary/aromatic N) is 1. The Morgan fingerprint density at radius 1 is 1.15 bits per heavy atom. The highest BCUT2D eigenvalue weighted by Gasteiger charge is 2.31. The molecule has 1 atom stereocenters. The summed E-state index contributed by atoms with van der Waals surface area (Å²) in [5, 5.41) is 3.16. The predicted octanol–water partition coefficient (Wildman–Crippen LogP) is 4.92. The largest absolute Gasteiger partial charge is 0.465 e. The van der Waals surface area contributed by atoms with Crippen LogP contribution in [0, 0.1) is 0 Å². The third-order valence-electron chi connectivity index (χ3n) is 5.43. The van der Waals surface area contributed by atoms with Crippen LogP contribution in [0.2, 0.25) is 5.15 Å². The zero-order valence-electron chi connectivity index (χ0n) is 18.0. The molecule has 2 heterocycles. The zero-order chi connectivity index (χ0) is 23.5. The van der Waals surface area contributed by atoms with Crippen LogP contribution in [0.15, 0.2) is 42.6 Å². The number of amides is 1. The number of pyridine rings is 1. The molecular formula is C24H21ClN2O5S. The fraction of sp³-hybridized carbons (Fsp3) is 0.250. The summed E-state index contributed by atoms with van der Waals surface area (Å²) in [6.07, 6.45) is 2.06. The molecule has 0 aliphatic heterocycles. The van der Waals surface area contributed by atoms with Gasteiger partial charge in [-0.3, -0.25) is 4.79 Å². The van der Waals surface area contributed by atoms with E-state index in [1.54, 1.807) is 13.0 Å². The zero-order valence-corrected chi connectivity index (χ0v) is 19.6. The maximum absolute atomic E-state index is 13.0. The number of carbonyl (C=O) groups excluding carboxylic acids is 3. The summed E-state index contributed by atoms with van der Waals surface area (Å²) in [5.41, 5.74) is 3.50. The number of hydrogen-bond acceptors (Lipinski definition) is 7. The Kier molecular flexibility index (Phi) is 6.76. The van der Waals surface area contributed by atoms with Gasteiger partial charge in [0.1, 0.15) is 10.2 Å². The number of aromatic nitrogens is 1. The standard InChI is InChI=1S/C24H21ClN2O5S/c1-3-17(32-23(29)16-9-6-12-26-20(16)25)21(28)27-22-18(24(30)31-2)15-11-10-13-7-4-5-8-14(13)19(15)33-22/h4-9,12,17H,3,10-11H2,1-2H3,(H,27,28). The Balaban J connectivity index is 1.62. The number of rotatable bonds is 6. The SMILES string of the molecule is CCC(OC(=O)c1cccnc1Cl)C(=O)Nc1sc2c(c1C(=O)OC)CCc1ccccc1-2. The van der Waals surface area contributed by atoms with Crippen molar-refractivity contribution in [1.82, 2.24) is 4.98 Å². The average molecular weight is 485 g/mol. The van der Waals surface area contributed by atoms with E-state index in [1.807, 2.05) is 18.2 Å². The lowest BCUT2D eigenvalue weighted by molar-refractivity contribution is -0.124. The topological polar surface area (TPSA) is 94.6 Å². The van der Waals surface area contributed by atoms with Crippen molar-refractivity contribution >= 4 is 45.8 Å². The third-order valence-corrected chi connectivity index (χ3v) is 6.91. The molecule has 2 aromatic heterocycles. The molecule has 7 nitrogen and oxygen atoms in total. The van der Waals surface area contributed by atoms with Gasteiger partial charge in [0.2, 0.25) is 0 Å². The summed E-state index contributed by atoms with van der Waals surface area (Å²) in [6, 6.07) is 11.0. The first-order valence-corrected chi connectivity index (χ1v) is 11.6. The van der Waals surface area contributed by atoms with Crippen molar-refractivity contribution in [2.45, 2.75) is 32.3 Å². The van der Waals surface area contributed by atoms with Crippen molar-refractivity contribution in [3.05, 3.63) is 70.0 Å². The molecule has 1 aliphatic rings. The Morgan fingerprint density at radius 3 is 2.67 bits per heavy atom. The van der Waals surface area contributed by atoms with Crippen molar-refractivity contribution in [3.8, 4) is 10.4 Å². The fourth-order valence-corrected chi connectivity index (χ4v) is 5.29. The normalized spacial score (nSPS) is 12.8. The van der Waals surface area contributed by atoms with Crippen LogP contribution in [0.4, 0.5) is 5.00 Å². The molecule has 0 fully saturated rings. The van der Waals surface area contributed by atoms with Crippen molar-refractivity contribution in [1.29, 1.82) is 0 Å². The van der Waals surface area contributed by atoms with E-state index in [-0.39, 0.29) is 17.1 Å². The minimum Gasteiger partial charge on any atom is -0.465 e. The van der Waals surface area contributed by atoms with Crippen LogP contribution in [0.1, 0.15) is 45.2 Å². The number of carbonyl (C=O) groups is 3. The van der Waals surface area contributed by atoms with Crippen LogP contribution in [0.25, 0.3) is 10.4 Å². The third kappa shape index (κ3) is 4.49. The number of hydrogen-bond donors (Lipinski definition) is 1. The summed E-state index contributed by atoms with van der Waals surface area (Å²) in [6.45, 7) is 1.72. The Morgan fingerprint density at radius 2 is 1.94 bits per heavy atom. The quantitative estimate of drug-likeness (QED) is 0.394. The lowest BCUT2D eigenvalue weighted by atomic mass is 9.89. The Bertz CT molecular complexity index is 1240. The van der Waals surface area contributed by atoms with E-state index in [9.17, 15) is 14.4 Å². The summed E-state index contributed by atoms with van der Waals surface area (Å²) < 4.78 is 10.4. The summed E-state index contributed by atoms with van der Waals surface area (Å²) in [5.74, 6) is -1.81. The van der Waals surface area contributed by atoms with Gasteiger partial charge >= 0.3 is 11.9 Å². The number of fused-ring (bicyclic) bond motifs is 3. The van der Waals surface area contributed by atoms with Crippen molar-refractivity contribution in [3.63, 3.8) is 0 Å². The van der Waals surface area contributed by atoms with Gasteiger partial charge in [0, 0.05) is 11.1 Å². The number of anilines is 1. The van der Waals surface area contributed by atoms with Gasteiger partial charge in [0.05, 0.1) is 18.2 Å². The first kappa shape index (κ1) is 22.9. The van der Waals surface area contributed by atoms with Gasteiger partial charge < -0.3 is 14.8 Å². The highest BCUT2D eigenvalue weighted by atomic mass is 35.5. The molecule has 9 heteroatoms. The van der Waals surface area contributed by atoms with Crippen LogP contribution < -0.4 is 5.32 Å². The summed E-state index contributed by atoms with van der Waals surface area (Å²) in [4.78, 5) is 43.0. The fourth-order valence-electron chi connectivity index (χ4n) is 3.79. The van der Waals surface area contributed by atoms with Crippen LogP contribution in [0.3, 0.4) is 0 Å². The van der Waals surface area contributed by atoms with Gasteiger partial charge in [-0.05, 0) is 48.1 Å². The van der Waals surface area contributed by atoms with Crippen molar-refractivity contribution in [2.75, 3.05) is 12.4 Å². The van der Waals surface area contributed by atoms with E-state index in [0.717, 1.165) is 22.4 Å². The molecule has 33 heavy (non-hydrogen) atoms. The number of ether oxygens (including phenoxy) is 2. The lowest BCUT2D eigenvalue weighted by Gasteiger charge is -2.17. The molecule has 3 aromatic rings. The van der Waals surface area contributed by atoms with Crippen molar-refractivity contribution in [2.24, 2.45) is 0 Å². The maximum Gasteiger partial charge on any atom is 0.342 e. The van der Waals surface area contributed by atoms with Gasteiger partial charge in [0.25, 0.3) is 5.91 Å². The molecular weight excluding hydrogens is 464 g/mol. The van der Waals surface area contributed by atoms with E-state index in [4.69, 9.17) is 21.1 Å². The van der Waals surface area contributed by atoms with Gasteiger partial charge in [-0.15, -0.1) is 11.3 Å². The predicted molar refractivity (Wildman–Crippen MR) is 126 cm³/mol. The van der Waals surface area contributed by atoms with E-state index < -0.39 is 23.9 Å². The van der Waals surface area contributed by atoms with E-state index >= 15 is 0 Å². The van der Waals surface area contributed by atoms with Gasteiger partial charge in [-0.2, -0.15) is 0 Å². The summed E-state index contributed by atoms with van der Waals surface area (Å²) in [7, 11) is 1.31. The second-order valence-electron chi connectivity index (χ2n) is 7.40. The van der Waals surface area contributed by atoms with Crippen LogP contribution in [-0.4, -0.2) is 36.0 Å². The van der Waals surface area contributed by atoms with Crippen LogP contribution in [0.5, 0.6) is 0 Å². The van der Waals surface area contributed by atoms with E-state index in [2.05, 4.69) is 16.4 Å². The molecule has 170 valence electrons. The van der Waals surface area contributed by atoms with E-state index in [1.165, 1.54) is 36.3 Å². The minimum absolute atomic E-state index is 0.00432. The number of halogens is 1. The second-order valence-corrected chi connectivity index (χ2v) is 8.77. The number of esters is 2. The minimum atomic E-state index is -1.08. The molecule has 1 amide bonds. The van der Waals surface area contributed by atoms with Crippen LogP contribution >= 0.6 is 22.9 Å². The molecule has 4 rings (SSSR count). The molecule has 0 spiro atoms. The van der Waals surface area contributed by atoms with E-state index in [0.29, 0.717) is 17.0 Å². The molecule has 0 saturated heterocycles. The Labute approximate surface area is 199 Å². The highest BCUT2D eigenvalue weighted by molar-refractivity contribution is 7.20. The number of nitrogens with one attached hydrogen (secondary N) is 1. The smallest absolute Gasteiger partial charge is 0.342 e. The highest BCUT2D eigenvalue weighted by Crippen LogP contribution is 2.45. The molecule has 1 aliphatic carbocycles. The molecule has 0 saturated carbocycles. The molecule has 0 radical (unpaired) electrons. The molecule has 1 aromatic carbocycles. The van der Waals surface area contributed by atoms with Gasteiger partial charge in [0.15, 0.2) is 6.10 Å². The summed E-state index contributed by atoms with van der Waals surface area (Å²) >= 11 is 7.28. The van der Waals surface area contributed by atoms with Crippen molar-refractivity contribution < 1.29 is 23.9 Å². The maximum atomic E-state index is 13.0. The lowest BCUT2D eigenvalue weighted by Crippen LogP contribution is -2.32.